The van der Waals surface area contributed by atoms with Crippen LogP contribution in [0.25, 0.3) is 11.5 Å². The number of quaternary nitrogens is 1. The molecular formula is C21H25N4O3+. The molecule has 0 aliphatic rings. The molecule has 3 aromatic rings. The molecule has 7 heteroatoms. The number of aromatic nitrogens is 2. The fraction of sp³-hybridized carbons (Fsp3) is 0.333. The number of hydrogen-bond donors (Lipinski definition) is 1. The SMILES string of the molecule is CC(C)c1ccc(C[NH+](C)[C@H](C)c2nnc(-c3ccc([N+](=O)[O-])cc3)o2)cc1. The lowest BCUT2D eigenvalue weighted by Gasteiger charge is -2.19. The summed E-state index contributed by atoms with van der Waals surface area (Å²) in [5.74, 6) is 1.43. The Morgan fingerprint density at radius 3 is 2.25 bits per heavy atom. The Kier molecular flexibility index (Phi) is 5.84. The Morgan fingerprint density at radius 1 is 1.04 bits per heavy atom. The maximum Gasteiger partial charge on any atom is 0.274 e. The van der Waals surface area contributed by atoms with Crippen molar-refractivity contribution < 1.29 is 14.2 Å². The minimum Gasteiger partial charge on any atom is -0.415 e. The molecule has 0 amide bonds. The van der Waals surface area contributed by atoms with Crippen LogP contribution in [0.2, 0.25) is 0 Å². The van der Waals surface area contributed by atoms with E-state index in [0.717, 1.165) is 6.54 Å². The van der Waals surface area contributed by atoms with Crippen LogP contribution in [0, 0.1) is 10.1 Å². The molecular weight excluding hydrogens is 356 g/mol. The Morgan fingerprint density at radius 2 is 1.68 bits per heavy atom. The molecule has 1 N–H and O–H groups in total. The van der Waals surface area contributed by atoms with Crippen LogP contribution in [0.1, 0.15) is 49.7 Å². The van der Waals surface area contributed by atoms with Crippen molar-refractivity contribution in [3.8, 4) is 11.5 Å². The van der Waals surface area contributed by atoms with Gasteiger partial charge in [-0.15, -0.1) is 10.2 Å². The van der Waals surface area contributed by atoms with Gasteiger partial charge in [-0.1, -0.05) is 38.1 Å². The molecule has 146 valence electrons. The number of nitrogens with one attached hydrogen (secondary N) is 1. The predicted molar refractivity (Wildman–Crippen MR) is 106 cm³/mol. The molecule has 0 saturated carbocycles. The molecule has 0 aliphatic heterocycles. The second-order valence-corrected chi connectivity index (χ2v) is 7.39. The van der Waals surface area contributed by atoms with E-state index >= 15 is 0 Å². The molecule has 2 atom stereocenters. The third-order valence-electron chi connectivity index (χ3n) is 5.00. The van der Waals surface area contributed by atoms with E-state index in [1.807, 2.05) is 6.92 Å². The summed E-state index contributed by atoms with van der Waals surface area (Å²) in [6, 6.07) is 14.8. The predicted octanol–water partition coefficient (Wildman–Crippen LogP) is 3.54. The lowest BCUT2D eigenvalue weighted by atomic mass is 10.0. The van der Waals surface area contributed by atoms with E-state index < -0.39 is 4.92 Å². The second kappa shape index (κ2) is 8.31. The Labute approximate surface area is 164 Å². The van der Waals surface area contributed by atoms with Gasteiger partial charge in [0.25, 0.3) is 11.6 Å². The minimum absolute atomic E-state index is 0.0177. The van der Waals surface area contributed by atoms with Crippen molar-refractivity contribution in [3.63, 3.8) is 0 Å². The zero-order valence-corrected chi connectivity index (χ0v) is 16.5. The van der Waals surface area contributed by atoms with Gasteiger partial charge in [0.05, 0.1) is 12.0 Å². The third-order valence-corrected chi connectivity index (χ3v) is 5.00. The van der Waals surface area contributed by atoms with Gasteiger partial charge in [0.1, 0.15) is 6.54 Å². The van der Waals surface area contributed by atoms with Crippen molar-refractivity contribution in [2.45, 2.75) is 39.3 Å². The molecule has 1 heterocycles. The lowest BCUT2D eigenvalue weighted by molar-refractivity contribution is -0.925. The molecule has 2 aromatic carbocycles. The second-order valence-electron chi connectivity index (χ2n) is 7.39. The number of nitro benzene ring substituents is 1. The smallest absolute Gasteiger partial charge is 0.274 e. The molecule has 0 aliphatic carbocycles. The highest BCUT2D eigenvalue weighted by molar-refractivity contribution is 5.55. The first-order chi connectivity index (χ1) is 13.3. The maximum atomic E-state index is 10.8. The maximum absolute atomic E-state index is 10.8. The van der Waals surface area contributed by atoms with Crippen LogP contribution in [-0.2, 0) is 6.54 Å². The average molecular weight is 381 g/mol. The number of benzene rings is 2. The topological polar surface area (TPSA) is 86.5 Å². The summed E-state index contributed by atoms with van der Waals surface area (Å²) in [6.45, 7) is 7.26. The first kappa shape index (κ1) is 19.7. The highest BCUT2D eigenvalue weighted by Gasteiger charge is 2.23. The number of nitrogens with zero attached hydrogens (tertiary/aromatic N) is 3. The normalized spacial score (nSPS) is 13.5. The Hall–Kier alpha value is -3.06. The van der Waals surface area contributed by atoms with Crippen molar-refractivity contribution in [3.05, 3.63) is 75.7 Å². The summed E-state index contributed by atoms with van der Waals surface area (Å²) < 4.78 is 5.83. The molecule has 1 aromatic heterocycles. The van der Waals surface area contributed by atoms with Crippen LogP contribution in [-0.4, -0.2) is 22.2 Å². The van der Waals surface area contributed by atoms with Gasteiger partial charge in [0.2, 0.25) is 5.89 Å². The highest BCUT2D eigenvalue weighted by atomic mass is 16.6. The van der Waals surface area contributed by atoms with Gasteiger partial charge in [-0.3, -0.25) is 10.1 Å². The molecule has 0 radical (unpaired) electrons. The summed E-state index contributed by atoms with van der Waals surface area (Å²) >= 11 is 0. The van der Waals surface area contributed by atoms with Gasteiger partial charge in [0.15, 0.2) is 6.04 Å². The van der Waals surface area contributed by atoms with Crippen LogP contribution in [0.3, 0.4) is 0 Å². The van der Waals surface area contributed by atoms with Crippen LogP contribution in [0.15, 0.2) is 52.9 Å². The Bertz CT molecular complexity index is 933. The van der Waals surface area contributed by atoms with Crippen molar-refractivity contribution >= 4 is 5.69 Å². The Balaban J connectivity index is 1.68. The molecule has 3 rings (SSSR count). The monoisotopic (exact) mass is 381 g/mol. The van der Waals surface area contributed by atoms with Crippen LogP contribution in [0.5, 0.6) is 0 Å². The quantitative estimate of drug-likeness (QED) is 0.500. The van der Waals surface area contributed by atoms with Gasteiger partial charge in [-0.05, 0) is 30.5 Å². The van der Waals surface area contributed by atoms with E-state index in [0.29, 0.717) is 23.3 Å². The van der Waals surface area contributed by atoms with E-state index in [1.165, 1.54) is 28.2 Å². The lowest BCUT2D eigenvalue weighted by Crippen LogP contribution is -3.07. The first-order valence-electron chi connectivity index (χ1n) is 9.34. The standard InChI is InChI=1S/C21H24N4O3/c1-14(2)17-7-5-16(6-8-17)13-24(4)15(3)20-22-23-21(28-20)18-9-11-19(12-10-18)25(26)27/h5-12,14-15H,13H2,1-4H3/p+1/t15-/m1/s1. The van der Waals surface area contributed by atoms with Crippen LogP contribution >= 0.6 is 0 Å². The summed E-state index contributed by atoms with van der Waals surface area (Å²) in [6.07, 6.45) is 0. The number of nitro groups is 1. The van der Waals surface area contributed by atoms with Gasteiger partial charge in [-0.2, -0.15) is 0 Å². The zero-order chi connectivity index (χ0) is 20.3. The fourth-order valence-corrected chi connectivity index (χ4v) is 2.96. The number of hydrogen-bond acceptors (Lipinski definition) is 5. The van der Waals surface area contributed by atoms with E-state index in [1.54, 1.807) is 12.1 Å². The summed E-state index contributed by atoms with van der Waals surface area (Å²) in [4.78, 5) is 11.6. The molecule has 1 unspecified atom stereocenters. The van der Waals surface area contributed by atoms with Gasteiger partial charge < -0.3 is 9.32 Å². The summed E-state index contributed by atoms with van der Waals surface area (Å²) in [7, 11) is 2.09. The van der Waals surface area contributed by atoms with E-state index in [9.17, 15) is 10.1 Å². The summed E-state index contributed by atoms with van der Waals surface area (Å²) in [5, 5.41) is 19.1. The van der Waals surface area contributed by atoms with Crippen molar-refractivity contribution in [2.24, 2.45) is 0 Å². The van der Waals surface area contributed by atoms with Crippen LogP contribution in [0.4, 0.5) is 5.69 Å². The minimum atomic E-state index is -0.433. The number of rotatable bonds is 7. The van der Waals surface area contributed by atoms with E-state index in [2.05, 4.69) is 55.4 Å². The van der Waals surface area contributed by atoms with E-state index in [4.69, 9.17) is 4.42 Å². The largest absolute Gasteiger partial charge is 0.415 e. The molecule has 0 spiro atoms. The third kappa shape index (κ3) is 4.43. The average Bonchev–Trinajstić information content (AvgIpc) is 3.18. The van der Waals surface area contributed by atoms with Gasteiger partial charge >= 0.3 is 0 Å². The van der Waals surface area contributed by atoms with E-state index in [-0.39, 0.29) is 11.7 Å². The van der Waals surface area contributed by atoms with Crippen molar-refractivity contribution in [2.75, 3.05) is 7.05 Å². The van der Waals surface area contributed by atoms with Crippen LogP contribution < -0.4 is 4.90 Å². The van der Waals surface area contributed by atoms with Crippen molar-refractivity contribution in [1.82, 2.24) is 10.2 Å². The van der Waals surface area contributed by atoms with Gasteiger partial charge in [0, 0.05) is 23.3 Å². The summed E-state index contributed by atoms with van der Waals surface area (Å²) in [5.41, 5.74) is 3.28. The highest BCUT2D eigenvalue weighted by Crippen LogP contribution is 2.22. The van der Waals surface area contributed by atoms with Gasteiger partial charge in [-0.25, -0.2) is 0 Å². The molecule has 7 nitrogen and oxygen atoms in total. The molecule has 0 fully saturated rings. The zero-order valence-electron chi connectivity index (χ0n) is 16.5. The number of non-ortho nitro benzene ring substituents is 1. The first-order valence-corrected chi connectivity index (χ1v) is 9.34. The molecule has 0 saturated heterocycles. The fourth-order valence-electron chi connectivity index (χ4n) is 2.96. The van der Waals surface area contributed by atoms with Crippen molar-refractivity contribution in [1.29, 1.82) is 0 Å². The molecule has 0 bridgehead atoms. The molecule has 28 heavy (non-hydrogen) atoms.